The lowest BCUT2D eigenvalue weighted by Crippen LogP contribution is -2.46. The maximum absolute atomic E-state index is 10.9. The Hall–Kier alpha value is -0.650. The quantitative estimate of drug-likeness (QED) is 0.570. The smallest absolute Gasteiger partial charge is 0.221 e. The largest absolute Gasteiger partial charge is 0.359 e. The number of piperazine rings is 1. The van der Waals surface area contributed by atoms with Crippen molar-refractivity contribution in [3.8, 4) is 0 Å². The van der Waals surface area contributed by atoms with Gasteiger partial charge < -0.3 is 15.5 Å². The molecule has 1 aliphatic rings. The zero-order chi connectivity index (χ0) is 11.8. The van der Waals surface area contributed by atoms with Crippen molar-refractivity contribution in [2.24, 2.45) is 0 Å². The van der Waals surface area contributed by atoms with Crippen LogP contribution in [0.25, 0.3) is 0 Å². The molecule has 94 valence electrons. The van der Waals surface area contributed by atoms with E-state index in [1.807, 2.05) is 0 Å². The average molecular weight is 228 g/mol. The van der Waals surface area contributed by atoms with Gasteiger partial charge in [0.2, 0.25) is 5.91 Å². The van der Waals surface area contributed by atoms with Crippen LogP contribution >= 0.6 is 0 Å². The van der Waals surface area contributed by atoms with Gasteiger partial charge in [0.25, 0.3) is 0 Å². The topological polar surface area (TPSA) is 47.6 Å². The first kappa shape index (κ1) is 13.4. The number of nitrogens with one attached hydrogen (secondary N) is 2. The predicted octanol–water partition coefficient (Wildman–Crippen LogP) is -1.04. The second-order valence-corrected chi connectivity index (χ2v) is 4.32. The summed E-state index contributed by atoms with van der Waals surface area (Å²) in [6, 6.07) is 0. The summed E-state index contributed by atoms with van der Waals surface area (Å²) in [5, 5.41) is 5.91. The zero-order valence-corrected chi connectivity index (χ0v) is 10.5. The summed E-state index contributed by atoms with van der Waals surface area (Å²) < 4.78 is 0. The Morgan fingerprint density at radius 1 is 1.19 bits per heavy atom. The molecule has 16 heavy (non-hydrogen) atoms. The van der Waals surface area contributed by atoms with Crippen LogP contribution < -0.4 is 10.6 Å². The molecule has 0 spiro atoms. The lowest BCUT2D eigenvalue weighted by molar-refractivity contribution is -0.120. The average Bonchev–Trinajstić information content (AvgIpc) is 2.31. The van der Waals surface area contributed by atoms with E-state index in [-0.39, 0.29) is 5.91 Å². The van der Waals surface area contributed by atoms with Crippen LogP contribution in [0.3, 0.4) is 0 Å². The van der Waals surface area contributed by atoms with Gasteiger partial charge in [0.05, 0.1) is 0 Å². The number of carbonyl (C=O) groups excluding carboxylic acids is 1. The summed E-state index contributed by atoms with van der Waals surface area (Å²) in [6.45, 7) is 7.48. The van der Waals surface area contributed by atoms with Crippen molar-refractivity contribution in [3.63, 3.8) is 0 Å². The third kappa shape index (κ3) is 5.44. The predicted molar refractivity (Wildman–Crippen MR) is 65.5 cm³/mol. The van der Waals surface area contributed by atoms with Gasteiger partial charge in [-0.05, 0) is 7.05 Å². The third-order valence-corrected chi connectivity index (χ3v) is 3.01. The van der Waals surface area contributed by atoms with Crippen molar-refractivity contribution in [1.82, 2.24) is 20.4 Å². The Balaban J connectivity index is 1.93. The summed E-state index contributed by atoms with van der Waals surface area (Å²) in [4.78, 5) is 15.8. The minimum atomic E-state index is 0.104. The minimum Gasteiger partial charge on any atom is -0.359 e. The number of carbonyl (C=O) groups is 1. The Morgan fingerprint density at radius 3 is 2.50 bits per heavy atom. The monoisotopic (exact) mass is 228 g/mol. The highest BCUT2D eigenvalue weighted by atomic mass is 16.1. The van der Waals surface area contributed by atoms with Gasteiger partial charge in [-0.1, -0.05) is 0 Å². The molecule has 0 aromatic rings. The van der Waals surface area contributed by atoms with Crippen LogP contribution in [0.15, 0.2) is 0 Å². The second-order valence-electron chi connectivity index (χ2n) is 4.32. The van der Waals surface area contributed by atoms with E-state index in [1.165, 1.54) is 0 Å². The molecule has 1 amide bonds. The van der Waals surface area contributed by atoms with Gasteiger partial charge in [0.1, 0.15) is 0 Å². The van der Waals surface area contributed by atoms with E-state index in [2.05, 4.69) is 27.5 Å². The van der Waals surface area contributed by atoms with Crippen LogP contribution in [0.1, 0.15) is 6.42 Å². The Morgan fingerprint density at radius 2 is 1.88 bits per heavy atom. The summed E-state index contributed by atoms with van der Waals surface area (Å²) in [6.07, 6.45) is 0.569. The number of hydrogen-bond donors (Lipinski definition) is 2. The van der Waals surface area contributed by atoms with Crippen LogP contribution in [-0.4, -0.2) is 75.6 Å². The van der Waals surface area contributed by atoms with Crippen LogP contribution in [-0.2, 0) is 4.79 Å². The molecule has 5 heteroatoms. The minimum absolute atomic E-state index is 0.104. The lowest BCUT2D eigenvalue weighted by atomic mass is 10.3. The molecule has 1 heterocycles. The number of rotatable bonds is 6. The molecule has 0 radical (unpaired) electrons. The van der Waals surface area contributed by atoms with E-state index in [4.69, 9.17) is 0 Å². The molecule has 0 atom stereocenters. The van der Waals surface area contributed by atoms with Crippen LogP contribution in [0, 0.1) is 0 Å². The van der Waals surface area contributed by atoms with Crippen LogP contribution in [0.4, 0.5) is 0 Å². The van der Waals surface area contributed by atoms with Gasteiger partial charge in [-0.25, -0.2) is 0 Å². The fraction of sp³-hybridized carbons (Fsp3) is 0.909. The first-order valence-corrected chi connectivity index (χ1v) is 6.04. The molecular formula is C11H24N4O. The number of amides is 1. The van der Waals surface area contributed by atoms with E-state index in [0.717, 1.165) is 45.8 Å². The Kier molecular flexibility index (Phi) is 6.37. The fourth-order valence-corrected chi connectivity index (χ4v) is 1.76. The number of hydrogen-bond acceptors (Lipinski definition) is 4. The SMILES string of the molecule is CNC(=O)CCNCCN1CCN(C)CC1. The van der Waals surface area contributed by atoms with Gasteiger partial charge >= 0.3 is 0 Å². The Bertz CT molecular complexity index is 202. The first-order chi connectivity index (χ1) is 7.72. The fourth-order valence-electron chi connectivity index (χ4n) is 1.76. The molecular weight excluding hydrogens is 204 g/mol. The molecule has 1 aliphatic heterocycles. The molecule has 2 N–H and O–H groups in total. The summed E-state index contributed by atoms with van der Waals surface area (Å²) in [7, 11) is 3.84. The Labute approximate surface area is 98.2 Å². The van der Waals surface area contributed by atoms with E-state index >= 15 is 0 Å². The van der Waals surface area contributed by atoms with Crippen molar-refractivity contribution in [1.29, 1.82) is 0 Å². The van der Waals surface area contributed by atoms with Gasteiger partial charge in [0, 0.05) is 59.3 Å². The molecule has 5 nitrogen and oxygen atoms in total. The second kappa shape index (κ2) is 7.60. The highest BCUT2D eigenvalue weighted by Gasteiger charge is 2.12. The zero-order valence-electron chi connectivity index (χ0n) is 10.5. The molecule has 0 aromatic heterocycles. The van der Waals surface area contributed by atoms with Crippen LogP contribution in [0.5, 0.6) is 0 Å². The molecule has 1 fully saturated rings. The number of nitrogens with zero attached hydrogens (tertiary/aromatic N) is 2. The van der Waals surface area contributed by atoms with Crippen molar-refractivity contribution in [2.45, 2.75) is 6.42 Å². The third-order valence-electron chi connectivity index (χ3n) is 3.01. The van der Waals surface area contributed by atoms with Crippen LogP contribution in [0.2, 0.25) is 0 Å². The maximum Gasteiger partial charge on any atom is 0.221 e. The van der Waals surface area contributed by atoms with E-state index < -0.39 is 0 Å². The van der Waals surface area contributed by atoms with Crippen molar-refractivity contribution in [2.75, 3.05) is 59.9 Å². The molecule has 1 saturated heterocycles. The molecule has 0 bridgehead atoms. The summed E-state index contributed by atoms with van der Waals surface area (Å²) in [5.74, 6) is 0.104. The first-order valence-electron chi connectivity index (χ1n) is 6.04. The van der Waals surface area contributed by atoms with E-state index in [9.17, 15) is 4.79 Å². The van der Waals surface area contributed by atoms with Gasteiger partial charge in [0.15, 0.2) is 0 Å². The van der Waals surface area contributed by atoms with Gasteiger partial charge in [-0.2, -0.15) is 0 Å². The summed E-state index contributed by atoms with van der Waals surface area (Å²) in [5.41, 5.74) is 0. The lowest BCUT2D eigenvalue weighted by Gasteiger charge is -2.32. The van der Waals surface area contributed by atoms with Gasteiger partial charge in [-0.15, -0.1) is 0 Å². The standard InChI is InChI=1S/C11H24N4O/c1-12-11(16)3-4-13-5-6-15-9-7-14(2)8-10-15/h13H,3-10H2,1-2H3,(H,12,16). The molecule has 0 unspecified atom stereocenters. The van der Waals surface area contributed by atoms with E-state index in [0.29, 0.717) is 6.42 Å². The highest BCUT2D eigenvalue weighted by molar-refractivity contribution is 5.75. The normalized spacial score (nSPS) is 18.6. The van der Waals surface area contributed by atoms with Crippen molar-refractivity contribution in [3.05, 3.63) is 0 Å². The maximum atomic E-state index is 10.9. The number of likely N-dealkylation sites (N-methyl/N-ethyl adjacent to an activating group) is 1. The molecule has 0 aromatic carbocycles. The molecule has 0 aliphatic carbocycles. The molecule has 1 rings (SSSR count). The van der Waals surface area contributed by atoms with Gasteiger partial charge in [-0.3, -0.25) is 9.69 Å². The van der Waals surface area contributed by atoms with E-state index in [1.54, 1.807) is 7.05 Å². The van der Waals surface area contributed by atoms with Crippen molar-refractivity contribution < 1.29 is 4.79 Å². The molecule has 0 saturated carbocycles. The van der Waals surface area contributed by atoms with Crippen molar-refractivity contribution >= 4 is 5.91 Å². The summed E-state index contributed by atoms with van der Waals surface area (Å²) >= 11 is 0. The highest BCUT2D eigenvalue weighted by Crippen LogP contribution is 1.97.